The van der Waals surface area contributed by atoms with E-state index in [0.717, 1.165) is 46.6 Å². The molecule has 0 fully saturated rings. The van der Waals surface area contributed by atoms with Crippen LogP contribution in [0.15, 0.2) is 77.9 Å². The van der Waals surface area contributed by atoms with Gasteiger partial charge in [-0.3, -0.25) is 9.59 Å². The molecule has 1 aliphatic carbocycles. The topological polar surface area (TPSA) is 115 Å². The SMILES string of the molecule is CCOC(=O)c1c(NC(=O)c2ccc(OC(C)C(=O)N/N=C/c3ccc(OCc4ccc(C)cc4)cc3)cc2)sc2c1CCC(C)C2. The molecule has 10 heteroatoms. The molecule has 0 radical (unpaired) electrons. The molecule has 2 unspecified atom stereocenters. The zero-order chi connectivity index (χ0) is 33.3. The predicted octanol–water partition coefficient (Wildman–Crippen LogP) is 7.11. The van der Waals surface area contributed by atoms with Crippen LogP contribution in [0.4, 0.5) is 5.00 Å². The second-order valence-corrected chi connectivity index (χ2v) is 12.7. The molecular formula is C37H39N3O6S. The Morgan fingerprint density at radius 2 is 1.70 bits per heavy atom. The van der Waals surface area contributed by atoms with Crippen LogP contribution in [0.2, 0.25) is 0 Å². The number of nitrogens with zero attached hydrogens (tertiary/aromatic N) is 1. The maximum Gasteiger partial charge on any atom is 0.341 e. The minimum atomic E-state index is -0.837. The first-order valence-corrected chi connectivity index (χ1v) is 16.5. The van der Waals surface area contributed by atoms with Crippen molar-refractivity contribution in [3.8, 4) is 11.5 Å². The molecule has 1 aliphatic rings. The van der Waals surface area contributed by atoms with Gasteiger partial charge in [0.15, 0.2) is 6.10 Å². The van der Waals surface area contributed by atoms with Crippen LogP contribution in [0, 0.1) is 12.8 Å². The van der Waals surface area contributed by atoms with Gasteiger partial charge in [-0.25, -0.2) is 10.2 Å². The van der Waals surface area contributed by atoms with E-state index in [0.29, 0.717) is 34.4 Å². The molecule has 244 valence electrons. The van der Waals surface area contributed by atoms with Crippen molar-refractivity contribution in [2.45, 2.75) is 59.7 Å². The Labute approximate surface area is 279 Å². The predicted molar refractivity (Wildman–Crippen MR) is 184 cm³/mol. The molecule has 0 spiro atoms. The summed E-state index contributed by atoms with van der Waals surface area (Å²) in [4.78, 5) is 39.6. The first-order chi connectivity index (χ1) is 22.7. The highest BCUT2D eigenvalue weighted by Crippen LogP contribution is 2.40. The van der Waals surface area contributed by atoms with Crippen molar-refractivity contribution in [1.82, 2.24) is 5.43 Å². The monoisotopic (exact) mass is 653 g/mol. The van der Waals surface area contributed by atoms with Crippen LogP contribution < -0.4 is 20.2 Å². The Balaban J connectivity index is 1.11. The molecule has 3 aromatic carbocycles. The summed E-state index contributed by atoms with van der Waals surface area (Å²) in [6.45, 7) is 8.36. The maximum absolute atomic E-state index is 13.1. The van der Waals surface area contributed by atoms with E-state index in [2.05, 4.69) is 34.9 Å². The third kappa shape index (κ3) is 8.86. The highest BCUT2D eigenvalue weighted by Gasteiger charge is 2.29. The first kappa shape index (κ1) is 33.4. The van der Waals surface area contributed by atoms with Gasteiger partial charge in [-0.15, -0.1) is 11.3 Å². The maximum atomic E-state index is 13.1. The van der Waals surface area contributed by atoms with Crippen LogP contribution >= 0.6 is 11.3 Å². The summed E-state index contributed by atoms with van der Waals surface area (Å²) in [5.74, 6) is 0.494. The molecule has 2 amide bonds. The summed E-state index contributed by atoms with van der Waals surface area (Å²) < 4.78 is 16.9. The van der Waals surface area contributed by atoms with Crippen LogP contribution in [0.25, 0.3) is 0 Å². The van der Waals surface area contributed by atoms with Crippen LogP contribution in [0.3, 0.4) is 0 Å². The Bertz CT molecular complexity index is 1730. The number of carbonyl (C=O) groups is 3. The third-order valence-corrected chi connectivity index (χ3v) is 8.98. The lowest BCUT2D eigenvalue weighted by molar-refractivity contribution is -0.127. The van der Waals surface area contributed by atoms with Gasteiger partial charge in [0, 0.05) is 10.4 Å². The molecule has 9 nitrogen and oxygen atoms in total. The molecule has 1 aromatic heterocycles. The lowest BCUT2D eigenvalue weighted by atomic mass is 9.88. The van der Waals surface area contributed by atoms with Gasteiger partial charge in [-0.2, -0.15) is 5.10 Å². The molecular weight excluding hydrogens is 614 g/mol. The van der Waals surface area contributed by atoms with Crippen molar-refractivity contribution in [1.29, 1.82) is 0 Å². The van der Waals surface area contributed by atoms with Gasteiger partial charge in [-0.1, -0.05) is 36.8 Å². The largest absolute Gasteiger partial charge is 0.489 e. The molecule has 2 atom stereocenters. The number of hydrogen-bond donors (Lipinski definition) is 2. The Hall–Kier alpha value is -4.96. The molecule has 47 heavy (non-hydrogen) atoms. The van der Waals surface area contributed by atoms with Crippen LogP contribution in [-0.2, 0) is 29.0 Å². The van der Waals surface area contributed by atoms with Gasteiger partial charge in [-0.05, 0) is 111 Å². The number of hydrogen-bond acceptors (Lipinski definition) is 8. The van der Waals surface area contributed by atoms with Crippen molar-refractivity contribution in [2.75, 3.05) is 11.9 Å². The normalized spacial score (nSPS) is 14.6. The molecule has 0 aliphatic heterocycles. The second kappa shape index (κ2) is 15.6. The number of nitrogens with one attached hydrogen (secondary N) is 2. The Kier molecular flexibility index (Phi) is 11.1. The second-order valence-electron chi connectivity index (χ2n) is 11.6. The number of rotatable bonds is 12. The quantitative estimate of drug-likeness (QED) is 0.0957. The molecule has 0 saturated heterocycles. The van der Waals surface area contributed by atoms with E-state index in [-0.39, 0.29) is 12.5 Å². The fourth-order valence-corrected chi connectivity index (χ4v) is 6.53. The zero-order valence-corrected chi connectivity index (χ0v) is 27.8. The minimum Gasteiger partial charge on any atom is -0.489 e. The van der Waals surface area contributed by atoms with Gasteiger partial charge in [0.1, 0.15) is 23.1 Å². The van der Waals surface area contributed by atoms with E-state index in [1.807, 2.05) is 43.3 Å². The number of anilines is 1. The van der Waals surface area contributed by atoms with Crippen molar-refractivity contribution in [2.24, 2.45) is 11.0 Å². The number of hydrazone groups is 1. The van der Waals surface area contributed by atoms with Gasteiger partial charge in [0.05, 0.1) is 18.4 Å². The average Bonchev–Trinajstić information content (AvgIpc) is 3.42. The van der Waals surface area contributed by atoms with Crippen molar-refractivity contribution in [3.63, 3.8) is 0 Å². The number of fused-ring (bicyclic) bond motifs is 1. The summed E-state index contributed by atoms with van der Waals surface area (Å²) in [7, 11) is 0. The van der Waals surface area contributed by atoms with Crippen molar-refractivity contribution >= 4 is 40.3 Å². The number of aryl methyl sites for hydroxylation is 1. The van der Waals surface area contributed by atoms with Crippen LogP contribution in [0.5, 0.6) is 11.5 Å². The number of thiophene rings is 1. The zero-order valence-electron chi connectivity index (χ0n) is 27.0. The summed E-state index contributed by atoms with van der Waals surface area (Å²) in [6, 6.07) is 22.1. The molecule has 0 saturated carbocycles. The molecule has 5 rings (SSSR count). The lowest BCUT2D eigenvalue weighted by Crippen LogP contribution is -2.33. The van der Waals surface area contributed by atoms with E-state index >= 15 is 0 Å². The summed E-state index contributed by atoms with van der Waals surface area (Å²) >= 11 is 1.45. The van der Waals surface area contributed by atoms with Crippen LogP contribution in [-0.4, -0.2) is 36.7 Å². The number of ether oxygens (including phenoxy) is 3. The highest BCUT2D eigenvalue weighted by molar-refractivity contribution is 7.17. The molecule has 4 aromatic rings. The molecule has 0 bridgehead atoms. The number of benzene rings is 3. The van der Waals surface area contributed by atoms with Crippen molar-refractivity contribution in [3.05, 3.63) is 111 Å². The smallest absolute Gasteiger partial charge is 0.341 e. The minimum absolute atomic E-state index is 0.261. The number of esters is 1. The van der Waals surface area contributed by atoms with E-state index in [4.69, 9.17) is 14.2 Å². The third-order valence-electron chi connectivity index (χ3n) is 7.81. The van der Waals surface area contributed by atoms with E-state index in [9.17, 15) is 14.4 Å². The van der Waals surface area contributed by atoms with Gasteiger partial charge >= 0.3 is 5.97 Å². The standard InChI is InChI=1S/C37H39N3O6S/c1-5-44-37(43)33-31-19-8-24(3)20-32(31)47-36(33)39-35(42)28-13-17-30(18-14-28)46-25(4)34(41)40-38-21-26-11-15-29(16-12-26)45-22-27-9-6-23(2)7-10-27/h6-7,9-18,21,24-25H,5,8,19-20,22H2,1-4H3,(H,39,42)(H,40,41)/b38-21+. The van der Waals surface area contributed by atoms with Crippen LogP contribution in [0.1, 0.15) is 75.0 Å². The fraction of sp³-hybridized carbons (Fsp3) is 0.297. The number of carbonyl (C=O) groups excluding carboxylic acids is 3. The Morgan fingerprint density at radius 3 is 2.40 bits per heavy atom. The first-order valence-electron chi connectivity index (χ1n) is 15.7. The van der Waals surface area contributed by atoms with E-state index in [1.54, 1.807) is 44.3 Å². The van der Waals surface area contributed by atoms with Gasteiger partial charge in [0.2, 0.25) is 0 Å². The van der Waals surface area contributed by atoms with Gasteiger partial charge < -0.3 is 19.5 Å². The molecule has 2 N–H and O–H groups in total. The van der Waals surface area contributed by atoms with E-state index < -0.39 is 18.0 Å². The number of amides is 2. The Morgan fingerprint density at radius 1 is 1.00 bits per heavy atom. The van der Waals surface area contributed by atoms with Gasteiger partial charge in [0.25, 0.3) is 11.8 Å². The van der Waals surface area contributed by atoms with E-state index in [1.165, 1.54) is 16.9 Å². The lowest BCUT2D eigenvalue weighted by Gasteiger charge is -2.18. The summed E-state index contributed by atoms with van der Waals surface area (Å²) in [6.07, 6.45) is 3.37. The van der Waals surface area contributed by atoms with Crippen molar-refractivity contribution < 1.29 is 28.6 Å². The molecule has 1 heterocycles. The average molecular weight is 654 g/mol. The highest BCUT2D eigenvalue weighted by atomic mass is 32.1. The summed E-state index contributed by atoms with van der Waals surface area (Å²) in [5, 5.41) is 7.48. The fourth-order valence-electron chi connectivity index (χ4n) is 5.14. The summed E-state index contributed by atoms with van der Waals surface area (Å²) in [5.41, 5.74) is 7.43.